The minimum Gasteiger partial charge on any atom is -0.441 e. The van der Waals surface area contributed by atoms with Gasteiger partial charge in [0.1, 0.15) is 5.52 Å². The zero-order valence-corrected chi connectivity index (χ0v) is 10.7. The molecule has 2 N–H and O–H groups in total. The van der Waals surface area contributed by atoms with Crippen LogP contribution in [0.5, 0.6) is 0 Å². The molecule has 1 unspecified atom stereocenters. The summed E-state index contributed by atoms with van der Waals surface area (Å²) in [6.07, 6.45) is -0.482. The molecule has 0 radical (unpaired) electrons. The van der Waals surface area contributed by atoms with Crippen LogP contribution in [-0.2, 0) is 4.79 Å². The highest BCUT2D eigenvalue weighted by Gasteiger charge is 2.42. The van der Waals surface area contributed by atoms with E-state index in [-0.39, 0.29) is 0 Å². The molecule has 0 spiro atoms. The van der Waals surface area contributed by atoms with E-state index >= 15 is 0 Å². The number of oxazole rings is 1. The van der Waals surface area contributed by atoms with E-state index in [9.17, 15) is 13.6 Å². The van der Waals surface area contributed by atoms with Crippen LogP contribution in [0.15, 0.2) is 22.6 Å². The van der Waals surface area contributed by atoms with Crippen LogP contribution >= 0.6 is 0 Å². The molecule has 1 aliphatic rings. The SMILES string of the molecule is Cc1nc2cc(NC(=O)C3CC(F)(F)CN3)ccc2o1. The Bertz CT molecular complexity index is 669. The van der Waals surface area contributed by atoms with Crippen molar-refractivity contribution in [1.29, 1.82) is 0 Å². The Morgan fingerprint density at radius 3 is 3.05 bits per heavy atom. The first-order valence-corrected chi connectivity index (χ1v) is 6.22. The monoisotopic (exact) mass is 281 g/mol. The minimum absolute atomic E-state index is 0.466. The molecule has 5 nitrogen and oxygen atoms in total. The molecule has 106 valence electrons. The van der Waals surface area contributed by atoms with Gasteiger partial charge in [0.05, 0.1) is 12.6 Å². The largest absolute Gasteiger partial charge is 0.441 e. The van der Waals surface area contributed by atoms with E-state index in [4.69, 9.17) is 4.42 Å². The average Bonchev–Trinajstić information content (AvgIpc) is 2.90. The molecule has 0 aliphatic carbocycles. The van der Waals surface area contributed by atoms with Crippen molar-refractivity contribution in [2.24, 2.45) is 0 Å². The Morgan fingerprint density at radius 2 is 2.35 bits per heavy atom. The summed E-state index contributed by atoms with van der Waals surface area (Å²) < 4.78 is 31.4. The van der Waals surface area contributed by atoms with Crippen molar-refractivity contribution >= 4 is 22.7 Å². The molecule has 1 amide bonds. The van der Waals surface area contributed by atoms with Gasteiger partial charge in [0, 0.05) is 19.0 Å². The normalized spacial score (nSPS) is 21.2. The lowest BCUT2D eigenvalue weighted by atomic mass is 10.2. The van der Waals surface area contributed by atoms with Gasteiger partial charge in [-0.3, -0.25) is 10.1 Å². The predicted molar refractivity (Wildman–Crippen MR) is 68.7 cm³/mol. The third-order valence-corrected chi connectivity index (χ3v) is 3.19. The highest BCUT2D eigenvalue weighted by molar-refractivity contribution is 5.96. The van der Waals surface area contributed by atoms with Crippen LogP contribution in [0.3, 0.4) is 0 Å². The van der Waals surface area contributed by atoms with Gasteiger partial charge in [0.15, 0.2) is 11.5 Å². The highest BCUT2D eigenvalue weighted by atomic mass is 19.3. The first-order chi connectivity index (χ1) is 9.43. The Hall–Kier alpha value is -2.02. The molecule has 0 bridgehead atoms. The summed E-state index contributed by atoms with van der Waals surface area (Å²) in [5.41, 5.74) is 1.74. The van der Waals surface area contributed by atoms with E-state index in [1.807, 2.05) is 0 Å². The van der Waals surface area contributed by atoms with Gasteiger partial charge in [0.25, 0.3) is 5.92 Å². The lowest BCUT2D eigenvalue weighted by molar-refractivity contribution is -0.118. The number of amides is 1. The number of halogens is 2. The van der Waals surface area contributed by atoms with E-state index in [1.54, 1.807) is 25.1 Å². The summed E-state index contributed by atoms with van der Waals surface area (Å²) in [4.78, 5) is 16.0. The molecular weight excluding hydrogens is 268 g/mol. The number of fused-ring (bicyclic) bond motifs is 1. The van der Waals surface area contributed by atoms with Crippen LogP contribution in [0.4, 0.5) is 14.5 Å². The molecule has 0 saturated carbocycles. The van der Waals surface area contributed by atoms with E-state index in [0.29, 0.717) is 22.7 Å². The fourth-order valence-corrected chi connectivity index (χ4v) is 2.25. The number of benzene rings is 1. The fourth-order valence-electron chi connectivity index (χ4n) is 2.25. The van der Waals surface area contributed by atoms with Crippen molar-refractivity contribution < 1.29 is 18.0 Å². The first kappa shape index (κ1) is 13.0. The molecule has 1 aliphatic heterocycles. The number of hydrogen-bond acceptors (Lipinski definition) is 4. The Balaban J connectivity index is 1.74. The molecule has 1 aromatic heterocycles. The zero-order chi connectivity index (χ0) is 14.3. The maximum absolute atomic E-state index is 13.0. The molecule has 7 heteroatoms. The molecule has 2 heterocycles. The van der Waals surface area contributed by atoms with Crippen molar-refractivity contribution in [2.75, 3.05) is 11.9 Å². The van der Waals surface area contributed by atoms with Gasteiger partial charge in [-0.1, -0.05) is 0 Å². The second kappa shape index (κ2) is 4.52. The number of nitrogens with zero attached hydrogens (tertiary/aromatic N) is 1. The smallest absolute Gasteiger partial charge is 0.262 e. The van der Waals surface area contributed by atoms with Crippen molar-refractivity contribution in [3.63, 3.8) is 0 Å². The molecule has 3 rings (SSSR count). The van der Waals surface area contributed by atoms with Crippen LogP contribution in [0.2, 0.25) is 0 Å². The summed E-state index contributed by atoms with van der Waals surface area (Å²) in [6, 6.07) is 4.11. The molecule has 1 atom stereocenters. The summed E-state index contributed by atoms with van der Waals surface area (Å²) in [6.45, 7) is 1.26. The molecule has 2 aromatic rings. The Kier molecular flexibility index (Phi) is 2.93. The summed E-state index contributed by atoms with van der Waals surface area (Å²) >= 11 is 0. The maximum Gasteiger partial charge on any atom is 0.262 e. The van der Waals surface area contributed by atoms with Crippen LogP contribution in [0.1, 0.15) is 12.3 Å². The fraction of sp³-hybridized carbons (Fsp3) is 0.385. The summed E-state index contributed by atoms with van der Waals surface area (Å²) in [5.74, 6) is -2.77. The lowest BCUT2D eigenvalue weighted by Crippen LogP contribution is -2.35. The van der Waals surface area contributed by atoms with Gasteiger partial charge in [-0.15, -0.1) is 0 Å². The Morgan fingerprint density at radius 1 is 1.55 bits per heavy atom. The number of alkyl halides is 2. The summed E-state index contributed by atoms with van der Waals surface area (Å²) in [5, 5.41) is 5.12. The van der Waals surface area contributed by atoms with Crippen molar-refractivity contribution in [3.05, 3.63) is 24.1 Å². The van der Waals surface area contributed by atoms with Crippen molar-refractivity contribution in [1.82, 2.24) is 10.3 Å². The van der Waals surface area contributed by atoms with Gasteiger partial charge < -0.3 is 9.73 Å². The molecule has 1 fully saturated rings. The van der Waals surface area contributed by atoms with Gasteiger partial charge in [-0.05, 0) is 18.2 Å². The van der Waals surface area contributed by atoms with Gasteiger partial charge in [0.2, 0.25) is 5.91 Å². The van der Waals surface area contributed by atoms with E-state index in [2.05, 4.69) is 15.6 Å². The predicted octanol–water partition coefficient (Wildman–Crippen LogP) is 2.07. The number of anilines is 1. The number of rotatable bonds is 2. The lowest BCUT2D eigenvalue weighted by Gasteiger charge is -2.11. The zero-order valence-electron chi connectivity index (χ0n) is 10.7. The van der Waals surface area contributed by atoms with E-state index < -0.39 is 30.8 Å². The number of carbonyl (C=O) groups excluding carboxylic acids is 1. The van der Waals surface area contributed by atoms with Gasteiger partial charge in [-0.25, -0.2) is 13.8 Å². The van der Waals surface area contributed by atoms with Gasteiger partial charge in [-0.2, -0.15) is 0 Å². The van der Waals surface area contributed by atoms with Crippen LogP contribution < -0.4 is 10.6 Å². The Labute approximate surface area is 113 Å². The third-order valence-electron chi connectivity index (χ3n) is 3.19. The minimum atomic E-state index is -2.82. The molecule has 20 heavy (non-hydrogen) atoms. The van der Waals surface area contributed by atoms with Gasteiger partial charge >= 0.3 is 0 Å². The number of nitrogens with one attached hydrogen (secondary N) is 2. The second-order valence-corrected chi connectivity index (χ2v) is 4.90. The maximum atomic E-state index is 13.0. The summed E-state index contributed by atoms with van der Waals surface area (Å²) in [7, 11) is 0. The number of carbonyl (C=O) groups is 1. The van der Waals surface area contributed by atoms with E-state index in [0.717, 1.165) is 0 Å². The number of aromatic nitrogens is 1. The topological polar surface area (TPSA) is 67.2 Å². The first-order valence-electron chi connectivity index (χ1n) is 6.22. The van der Waals surface area contributed by atoms with Crippen LogP contribution in [0, 0.1) is 6.92 Å². The van der Waals surface area contributed by atoms with Crippen LogP contribution in [0.25, 0.3) is 11.1 Å². The number of hydrogen-bond donors (Lipinski definition) is 2. The van der Waals surface area contributed by atoms with Crippen molar-refractivity contribution in [2.45, 2.75) is 25.3 Å². The highest BCUT2D eigenvalue weighted by Crippen LogP contribution is 2.26. The molecule has 1 saturated heterocycles. The number of aryl methyl sites for hydroxylation is 1. The average molecular weight is 281 g/mol. The van der Waals surface area contributed by atoms with Crippen molar-refractivity contribution in [3.8, 4) is 0 Å². The standard InChI is InChI=1S/C13H13F2N3O2/c1-7-17-9-4-8(2-3-11(9)20-7)18-12(19)10-5-13(14,15)6-16-10/h2-4,10,16H,5-6H2,1H3,(H,18,19). The van der Waals surface area contributed by atoms with E-state index in [1.165, 1.54) is 0 Å². The molecular formula is C13H13F2N3O2. The second-order valence-electron chi connectivity index (χ2n) is 4.90. The quantitative estimate of drug-likeness (QED) is 0.884. The molecule has 1 aromatic carbocycles. The van der Waals surface area contributed by atoms with Crippen LogP contribution in [-0.4, -0.2) is 29.4 Å². The third kappa shape index (κ3) is 2.49.